The summed E-state index contributed by atoms with van der Waals surface area (Å²) in [6.45, 7) is 4.11. The number of nitrogens with one attached hydrogen (secondary N) is 1. The van der Waals surface area contributed by atoms with Gasteiger partial charge in [0, 0.05) is 11.8 Å². The van der Waals surface area contributed by atoms with Crippen molar-refractivity contribution < 1.29 is 4.39 Å². The minimum atomic E-state index is -0.368. The van der Waals surface area contributed by atoms with E-state index in [1.165, 1.54) is 6.07 Å². The van der Waals surface area contributed by atoms with Gasteiger partial charge in [0.25, 0.3) is 0 Å². The zero-order chi connectivity index (χ0) is 12.0. The Labute approximate surface area is 99.9 Å². The quantitative estimate of drug-likeness (QED) is 0.855. The summed E-state index contributed by atoms with van der Waals surface area (Å²) in [5, 5.41) is 11.7. The van der Waals surface area contributed by atoms with E-state index in [4.69, 9.17) is 5.26 Å². The van der Waals surface area contributed by atoms with Gasteiger partial charge in [0.1, 0.15) is 5.82 Å². The summed E-state index contributed by atoms with van der Waals surface area (Å²) < 4.78 is 13.5. The van der Waals surface area contributed by atoms with Crippen LogP contribution in [0.1, 0.15) is 19.4 Å². The Morgan fingerprint density at radius 2 is 2.31 bits per heavy atom. The van der Waals surface area contributed by atoms with Crippen LogP contribution in [0.3, 0.4) is 0 Å². The minimum absolute atomic E-state index is 0.215. The summed E-state index contributed by atoms with van der Waals surface area (Å²) in [7, 11) is 0. The van der Waals surface area contributed by atoms with Crippen molar-refractivity contribution in [3.63, 3.8) is 0 Å². The van der Waals surface area contributed by atoms with Gasteiger partial charge in [-0.25, -0.2) is 4.39 Å². The molecule has 0 aliphatic heterocycles. The van der Waals surface area contributed by atoms with Crippen molar-refractivity contribution in [3.05, 3.63) is 29.6 Å². The van der Waals surface area contributed by atoms with Crippen LogP contribution in [0.25, 0.3) is 0 Å². The maximum absolute atomic E-state index is 13.5. The molecule has 0 aromatic heterocycles. The Bertz CT molecular complexity index is 387. The van der Waals surface area contributed by atoms with Crippen LogP contribution in [0, 0.1) is 17.1 Å². The molecule has 1 unspecified atom stereocenters. The fourth-order valence-corrected chi connectivity index (χ4v) is 1.98. The van der Waals surface area contributed by atoms with Crippen LogP contribution < -0.4 is 5.32 Å². The highest BCUT2D eigenvalue weighted by Crippen LogP contribution is 2.17. The first-order chi connectivity index (χ1) is 7.67. The molecule has 1 atom stereocenters. The summed E-state index contributed by atoms with van der Waals surface area (Å²) in [6.07, 6.45) is 0. The van der Waals surface area contributed by atoms with E-state index in [1.807, 2.05) is 24.8 Å². The molecule has 1 aromatic rings. The van der Waals surface area contributed by atoms with Gasteiger partial charge < -0.3 is 5.32 Å². The van der Waals surface area contributed by atoms with Crippen LogP contribution in [0.15, 0.2) is 18.2 Å². The van der Waals surface area contributed by atoms with E-state index in [-0.39, 0.29) is 11.9 Å². The molecule has 0 spiro atoms. The van der Waals surface area contributed by atoms with E-state index in [9.17, 15) is 4.39 Å². The molecule has 0 aliphatic carbocycles. The van der Waals surface area contributed by atoms with Crippen molar-refractivity contribution in [3.8, 4) is 6.07 Å². The molecule has 1 N–H and O–H groups in total. The summed E-state index contributed by atoms with van der Waals surface area (Å²) in [4.78, 5) is 0. The van der Waals surface area contributed by atoms with Gasteiger partial charge in [0.05, 0.1) is 17.3 Å². The fourth-order valence-electron chi connectivity index (χ4n) is 1.30. The Kier molecular flexibility index (Phi) is 5.13. The molecule has 1 rings (SSSR count). The van der Waals surface area contributed by atoms with Gasteiger partial charge >= 0.3 is 0 Å². The number of nitrogens with zero attached hydrogens (tertiary/aromatic N) is 1. The second-order valence-corrected chi connectivity index (χ2v) is 4.83. The number of benzene rings is 1. The van der Waals surface area contributed by atoms with Gasteiger partial charge in [-0.05, 0) is 30.9 Å². The second kappa shape index (κ2) is 6.39. The van der Waals surface area contributed by atoms with Crippen molar-refractivity contribution in [2.45, 2.75) is 19.9 Å². The van der Waals surface area contributed by atoms with Crippen molar-refractivity contribution in [1.29, 1.82) is 5.26 Å². The number of anilines is 1. The van der Waals surface area contributed by atoms with E-state index in [2.05, 4.69) is 12.2 Å². The zero-order valence-electron chi connectivity index (χ0n) is 9.46. The lowest BCUT2D eigenvalue weighted by Crippen LogP contribution is -2.18. The number of halogens is 1. The highest BCUT2D eigenvalue weighted by atomic mass is 32.2. The molecule has 0 saturated carbocycles. The van der Waals surface area contributed by atoms with Crippen LogP contribution in [-0.2, 0) is 0 Å². The average molecular weight is 238 g/mol. The van der Waals surface area contributed by atoms with Gasteiger partial charge in [-0.2, -0.15) is 17.0 Å². The monoisotopic (exact) mass is 238 g/mol. The van der Waals surface area contributed by atoms with Gasteiger partial charge in [-0.1, -0.05) is 6.92 Å². The Morgan fingerprint density at radius 1 is 1.56 bits per heavy atom. The second-order valence-electron chi connectivity index (χ2n) is 3.51. The van der Waals surface area contributed by atoms with Gasteiger partial charge in [-0.15, -0.1) is 0 Å². The van der Waals surface area contributed by atoms with E-state index in [1.54, 1.807) is 12.1 Å². The van der Waals surface area contributed by atoms with Crippen LogP contribution in [0.4, 0.5) is 10.1 Å². The molecule has 0 radical (unpaired) electrons. The normalized spacial score (nSPS) is 11.9. The lowest BCUT2D eigenvalue weighted by molar-refractivity contribution is 0.627. The minimum Gasteiger partial charge on any atom is -0.379 e. The van der Waals surface area contributed by atoms with Crippen molar-refractivity contribution >= 4 is 17.4 Å². The standard InChI is InChI=1S/C12H15FN2S/c1-3-16-8-9(2)15-12-5-4-10(7-14)6-11(12)13/h4-6,9,15H,3,8H2,1-2H3. The van der Waals surface area contributed by atoms with Gasteiger partial charge in [-0.3, -0.25) is 0 Å². The third-order valence-corrected chi connectivity index (χ3v) is 3.22. The highest BCUT2D eigenvalue weighted by Gasteiger charge is 2.06. The molecule has 16 heavy (non-hydrogen) atoms. The van der Waals surface area contributed by atoms with Gasteiger partial charge in [0.2, 0.25) is 0 Å². The zero-order valence-corrected chi connectivity index (χ0v) is 10.3. The number of thioether (sulfide) groups is 1. The molecule has 86 valence electrons. The lowest BCUT2D eigenvalue weighted by Gasteiger charge is -2.15. The average Bonchev–Trinajstić information content (AvgIpc) is 2.29. The van der Waals surface area contributed by atoms with E-state index < -0.39 is 0 Å². The molecule has 0 bridgehead atoms. The Morgan fingerprint density at radius 3 is 2.88 bits per heavy atom. The maximum atomic E-state index is 13.5. The molecule has 4 heteroatoms. The van der Waals surface area contributed by atoms with Crippen molar-refractivity contribution in [1.82, 2.24) is 0 Å². The summed E-state index contributed by atoms with van der Waals surface area (Å²) in [5.41, 5.74) is 0.807. The topological polar surface area (TPSA) is 35.8 Å². The van der Waals surface area contributed by atoms with E-state index in [0.29, 0.717) is 11.3 Å². The van der Waals surface area contributed by atoms with Crippen LogP contribution in [0.2, 0.25) is 0 Å². The molecule has 1 aromatic carbocycles. The Balaban J connectivity index is 2.64. The molecule has 0 fully saturated rings. The molecular formula is C12H15FN2S. The molecular weight excluding hydrogens is 223 g/mol. The number of nitriles is 1. The van der Waals surface area contributed by atoms with Crippen LogP contribution >= 0.6 is 11.8 Å². The van der Waals surface area contributed by atoms with Crippen molar-refractivity contribution in [2.75, 3.05) is 16.8 Å². The smallest absolute Gasteiger partial charge is 0.147 e. The third-order valence-electron chi connectivity index (χ3n) is 2.07. The first kappa shape index (κ1) is 12.9. The number of hydrogen-bond acceptors (Lipinski definition) is 3. The van der Waals surface area contributed by atoms with E-state index >= 15 is 0 Å². The fraction of sp³-hybridized carbons (Fsp3) is 0.417. The molecule has 0 aliphatic rings. The predicted molar refractivity (Wildman–Crippen MR) is 67.2 cm³/mol. The summed E-state index contributed by atoms with van der Waals surface area (Å²) in [5.74, 6) is 1.63. The molecule has 2 nitrogen and oxygen atoms in total. The lowest BCUT2D eigenvalue weighted by atomic mass is 10.2. The van der Waals surface area contributed by atoms with Crippen LogP contribution in [-0.4, -0.2) is 17.5 Å². The van der Waals surface area contributed by atoms with Gasteiger partial charge in [0.15, 0.2) is 0 Å². The van der Waals surface area contributed by atoms with Crippen LogP contribution in [0.5, 0.6) is 0 Å². The third kappa shape index (κ3) is 3.74. The molecule has 0 heterocycles. The number of rotatable bonds is 5. The predicted octanol–water partition coefficient (Wildman–Crippen LogP) is 3.25. The van der Waals surface area contributed by atoms with E-state index in [0.717, 1.165) is 11.5 Å². The first-order valence-electron chi connectivity index (χ1n) is 5.21. The highest BCUT2D eigenvalue weighted by molar-refractivity contribution is 7.99. The largest absolute Gasteiger partial charge is 0.379 e. The molecule has 0 saturated heterocycles. The maximum Gasteiger partial charge on any atom is 0.147 e. The van der Waals surface area contributed by atoms with Crippen molar-refractivity contribution in [2.24, 2.45) is 0 Å². The SMILES string of the molecule is CCSCC(C)Nc1ccc(C#N)cc1F. The Hall–Kier alpha value is -1.21. The summed E-state index contributed by atoms with van der Waals surface area (Å²) >= 11 is 1.81. The molecule has 0 amide bonds. The summed E-state index contributed by atoms with van der Waals surface area (Å²) in [6, 6.07) is 6.61. The number of hydrogen-bond donors (Lipinski definition) is 1. The first-order valence-corrected chi connectivity index (χ1v) is 6.36.